The molecule has 0 aliphatic rings. The summed E-state index contributed by atoms with van der Waals surface area (Å²) in [5.74, 6) is 0. The minimum absolute atomic E-state index is 0.815. The average Bonchev–Trinajstić information content (AvgIpc) is 2.11. The number of unbranched alkanes of at least 4 members (excludes halogenated alkanes) is 1. The Balaban J connectivity index is 3.06. The van der Waals surface area contributed by atoms with Crippen LogP contribution in [0.5, 0.6) is 0 Å². The van der Waals surface area contributed by atoms with Gasteiger partial charge in [0.2, 0.25) is 0 Å². The fraction of sp³-hybridized carbons (Fsp3) is 1.00. The molecule has 4 heteroatoms. The maximum Gasteiger partial charge on any atom is 0.320 e. The molecule has 0 rings (SSSR count). The van der Waals surface area contributed by atoms with Gasteiger partial charge in [-0.2, -0.15) is 0 Å². The summed E-state index contributed by atoms with van der Waals surface area (Å²) in [5, 5.41) is 0. The lowest BCUT2D eigenvalue weighted by molar-refractivity contribution is 0.144. The molecule has 0 heterocycles. The normalized spacial score (nSPS) is 11.0. The van der Waals surface area contributed by atoms with Crippen molar-refractivity contribution in [1.82, 2.24) is 0 Å². The highest BCUT2D eigenvalue weighted by Crippen LogP contribution is 2.02. The first-order chi connectivity index (χ1) is 5.85. The lowest BCUT2D eigenvalue weighted by atomic mass is 10.4. The van der Waals surface area contributed by atoms with Crippen LogP contribution in [0.15, 0.2) is 0 Å². The predicted molar refractivity (Wildman–Crippen MR) is 51.7 cm³/mol. The molecule has 0 radical (unpaired) electrons. The van der Waals surface area contributed by atoms with Crippen LogP contribution in [0.2, 0.25) is 6.04 Å². The van der Waals surface area contributed by atoms with Crippen LogP contribution in [0.25, 0.3) is 0 Å². The van der Waals surface area contributed by atoms with Gasteiger partial charge in [0.15, 0.2) is 0 Å². The molecule has 0 bridgehead atoms. The van der Waals surface area contributed by atoms with Gasteiger partial charge in [0.1, 0.15) is 0 Å². The van der Waals surface area contributed by atoms with Gasteiger partial charge in [-0.05, 0) is 25.8 Å². The molecule has 0 saturated carbocycles. The zero-order valence-corrected chi connectivity index (χ0v) is 9.49. The molecule has 0 aromatic carbocycles. The summed E-state index contributed by atoms with van der Waals surface area (Å²) >= 11 is 0. The van der Waals surface area contributed by atoms with E-state index < -0.39 is 9.28 Å². The summed E-state index contributed by atoms with van der Waals surface area (Å²) < 4.78 is 15.6. The Kier molecular flexibility index (Phi) is 9.26. The first-order valence-corrected chi connectivity index (χ1v) is 6.24. The predicted octanol–water partition coefficient (Wildman–Crippen LogP) is 1.32. The quantitative estimate of drug-likeness (QED) is 0.429. The van der Waals surface area contributed by atoms with E-state index in [2.05, 4.69) is 0 Å². The van der Waals surface area contributed by atoms with Crippen molar-refractivity contribution in [2.45, 2.75) is 25.8 Å². The minimum atomic E-state index is -1.30. The molecule has 0 aromatic rings. The highest BCUT2D eigenvalue weighted by atomic mass is 28.3. The fourth-order valence-corrected chi connectivity index (χ4v) is 2.28. The van der Waals surface area contributed by atoms with Gasteiger partial charge >= 0.3 is 9.28 Å². The van der Waals surface area contributed by atoms with E-state index in [0.29, 0.717) is 0 Å². The molecule has 0 atom stereocenters. The van der Waals surface area contributed by atoms with Gasteiger partial charge in [-0.25, -0.2) is 0 Å². The van der Waals surface area contributed by atoms with Gasteiger partial charge in [-0.3, -0.25) is 0 Å². The average molecular weight is 192 g/mol. The van der Waals surface area contributed by atoms with E-state index in [1.165, 1.54) is 0 Å². The van der Waals surface area contributed by atoms with Crippen molar-refractivity contribution in [3.05, 3.63) is 0 Å². The van der Waals surface area contributed by atoms with E-state index >= 15 is 0 Å². The van der Waals surface area contributed by atoms with Crippen molar-refractivity contribution in [3.8, 4) is 0 Å². The second-order valence-corrected chi connectivity index (χ2v) is 4.97. The van der Waals surface area contributed by atoms with Gasteiger partial charge in [0.05, 0.1) is 0 Å². The van der Waals surface area contributed by atoms with Crippen LogP contribution in [0, 0.1) is 0 Å². The van der Waals surface area contributed by atoms with E-state index in [1.807, 2.05) is 6.92 Å². The molecule has 3 nitrogen and oxygen atoms in total. The lowest BCUT2D eigenvalue weighted by Gasteiger charge is -2.09. The molecule has 0 unspecified atom stereocenters. The Bertz CT molecular complexity index is 86.4. The van der Waals surface area contributed by atoms with E-state index in [4.69, 9.17) is 13.6 Å². The topological polar surface area (TPSA) is 27.7 Å². The van der Waals surface area contributed by atoms with Gasteiger partial charge in [0.25, 0.3) is 0 Å². The van der Waals surface area contributed by atoms with Crippen LogP contribution in [0.1, 0.15) is 19.8 Å². The van der Waals surface area contributed by atoms with Crippen LogP contribution in [-0.4, -0.2) is 36.7 Å². The minimum Gasteiger partial charge on any atom is -0.400 e. The molecular weight excluding hydrogens is 172 g/mol. The summed E-state index contributed by atoms with van der Waals surface area (Å²) in [5.41, 5.74) is 0. The monoisotopic (exact) mass is 192 g/mol. The summed E-state index contributed by atoms with van der Waals surface area (Å²) in [6, 6.07) is 1.08. The zero-order valence-electron chi connectivity index (χ0n) is 8.34. The summed E-state index contributed by atoms with van der Waals surface area (Å²) in [6.45, 7) is 3.70. The number of hydrogen-bond donors (Lipinski definition) is 0. The molecule has 0 N–H and O–H groups in total. The van der Waals surface area contributed by atoms with Crippen LogP contribution in [-0.2, 0) is 13.6 Å². The van der Waals surface area contributed by atoms with Gasteiger partial charge in [-0.15, -0.1) is 0 Å². The fourth-order valence-electron chi connectivity index (χ4n) is 0.991. The molecule has 12 heavy (non-hydrogen) atoms. The van der Waals surface area contributed by atoms with Gasteiger partial charge in [-0.1, -0.05) is 0 Å². The SMILES string of the molecule is CCOCCCC[SiH](OC)OC. The molecule has 0 amide bonds. The molecule has 0 aliphatic carbocycles. The summed E-state index contributed by atoms with van der Waals surface area (Å²) in [6.07, 6.45) is 2.27. The van der Waals surface area contributed by atoms with Crippen molar-refractivity contribution >= 4 is 9.28 Å². The van der Waals surface area contributed by atoms with Crippen molar-refractivity contribution in [2.75, 3.05) is 27.4 Å². The molecule has 0 aliphatic heterocycles. The molecular formula is C8H20O3Si. The van der Waals surface area contributed by atoms with Gasteiger partial charge in [0, 0.05) is 27.4 Å². The molecule has 0 aromatic heterocycles. The molecule has 0 spiro atoms. The molecule has 74 valence electrons. The Hall–Kier alpha value is 0.0969. The smallest absolute Gasteiger partial charge is 0.320 e. The summed E-state index contributed by atoms with van der Waals surface area (Å²) in [4.78, 5) is 0. The van der Waals surface area contributed by atoms with Crippen molar-refractivity contribution in [3.63, 3.8) is 0 Å². The van der Waals surface area contributed by atoms with E-state index in [1.54, 1.807) is 14.2 Å². The Morgan fingerprint density at radius 2 is 1.75 bits per heavy atom. The zero-order chi connectivity index (χ0) is 9.23. The van der Waals surface area contributed by atoms with Crippen LogP contribution >= 0.6 is 0 Å². The van der Waals surface area contributed by atoms with E-state index in [9.17, 15) is 0 Å². The first kappa shape index (κ1) is 12.1. The third-order valence-electron chi connectivity index (χ3n) is 1.71. The largest absolute Gasteiger partial charge is 0.400 e. The third kappa shape index (κ3) is 6.79. The molecule has 0 fully saturated rings. The maximum atomic E-state index is 5.22. The highest BCUT2D eigenvalue weighted by Gasteiger charge is 2.07. The first-order valence-electron chi connectivity index (χ1n) is 4.48. The highest BCUT2D eigenvalue weighted by molar-refractivity contribution is 6.44. The van der Waals surface area contributed by atoms with Gasteiger partial charge < -0.3 is 13.6 Å². The Labute approximate surface area is 76.9 Å². The molecule has 0 saturated heterocycles. The second-order valence-electron chi connectivity index (χ2n) is 2.59. The van der Waals surface area contributed by atoms with Crippen LogP contribution in [0.3, 0.4) is 0 Å². The van der Waals surface area contributed by atoms with Crippen molar-refractivity contribution in [2.24, 2.45) is 0 Å². The van der Waals surface area contributed by atoms with E-state index in [0.717, 1.165) is 32.1 Å². The number of rotatable bonds is 8. The Morgan fingerprint density at radius 1 is 1.08 bits per heavy atom. The van der Waals surface area contributed by atoms with Crippen molar-refractivity contribution in [1.29, 1.82) is 0 Å². The van der Waals surface area contributed by atoms with Crippen molar-refractivity contribution < 1.29 is 13.6 Å². The van der Waals surface area contributed by atoms with Crippen LogP contribution < -0.4 is 0 Å². The maximum absolute atomic E-state index is 5.22. The number of hydrogen-bond acceptors (Lipinski definition) is 3. The Morgan fingerprint density at radius 3 is 2.25 bits per heavy atom. The van der Waals surface area contributed by atoms with Crippen LogP contribution in [0.4, 0.5) is 0 Å². The van der Waals surface area contributed by atoms with E-state index in [-0.39, 0.29) is 0 Å². The number of ether oxygens (including phenoxy) is 1. The summed E-state index contributed by atoms with van der Waals surface area (Å²) in [7, 11) is 2.15. The standard InChI is InChI=1S/C8H20O3Si/c1-4-11-7-5-6-8-12(9-2)10-3/h12H,4-8H2,1-3H3. The third-order valence-corrected chi connectivity index (χ3v) is 3.64. The lowest BCUT2D eigenvalue weighted by Crippen LogP contribution is -2.18. The second kappa shape index (κ2) is 9.19.